The Labute approximate surface area is 451 Å². The van der Waals surface area contributed by atoms with E-state index in [-0.39, 0.29) is 43.0 Å². The number of nitrogens with one attached hydrogen (secondary N) is 4. The van der Waals surface area contributed by atoms with Gasteiger partial charge in [0, 0.05) is 92.0 Å². The summed E-state index contributed by atoms with van der Waals surface area (Å²) in [5.41, 5.74) is -0.764. The van der Waals surface area contributed by atoms with Crippen molar-refractivity contribution in [1.82, 2.24) is 21.3 Å². The minimum Gasteiger partial charge on any atom is -0.493 e. The lowest BCUT2D eigenvalue weighted by Crippen LogP contribution is -2.45. The number of carbonyl (C=O) groups excluding carboxylic acids is 1. The third kappa shape index (κ3) is 18.6. The maximum Gasteiger partial charge on any atom is 0.471 e. The summed E-state index contributed by atoms with van der Waals surface area (Å²) in [4.78, 5) is 10.9. The SMILES string of the molecule is COCCCCC(O)(c1ccccc1OCC1CCCC1)[C@@H]1CCCNC1.COCCCC[C@@](O)(c1cc(F)ccc1Br)[C@@H]1CCCNC1.O=C(NCCC[C@@](O)(c1cccc(Cl)c1)[C@@H]1CCCNC1)C(F)(F)F. The minimum absolute atomic E-state index is 0.0713. The topological polar surface area (TPSA) is 154 Å². The van der Waals surface area contributed by atoms with Gasteiger partial charge in [-0.2, -0.15) is 13.2 Å². The fraction of sp³-hybridized carbons (Fsp3) is 0.667. The van der Waals surface area contributed by atoms with E-state index in [4.69, 9.17) is 25.8 Å². The molecule has 1 unspecified atom stereocenters. The first-order valence-electron chi connectivity index (χ1n) is 27.1. The molecule has 1 amide bonds. The summed E-state index contributed by atoms with van der Waals surface area (Å²) >= 11 is 9.52. The molecule has 0 bridgehead atoms. The van der Waals surface area contributed by atoms with Gasteiger partial charge in [0.05, 0.1) is 23.4 Å². The van der Waals surface area contributed by atoms with Crippen LogP contribution in [0.2, 0.25) is 5.02 Å². The number of rotatable bonds is 23. The molecule has 4 aliphatic rings. The number of hydrogen-bond donors (Lipinski definition) is 7. The lowest BCUT2D eigenvalue weighted by Gasteiger charge is -2.40. The number of ether oxygens (including phenoxy) is 3. The number of piperidine rings is 3. The summed E-state index contributed by atoms with van der Waals surface area (Å²) in [5, 5.41) is 47.1. The molecule has 17 heteroatoms. The van der Waals surface area contributed by atoms with Crippen molar-refractivity contribution in [3.05, 3.63) is 98.7 Å². The van der Waals surface area contributed by atoms with Crippen molar-refractivity contribution < 1.29 is 51.9 Å². The average Bonchev–Trinajstić information content (AvgIpc) is 3.95. The molecule has 416 valence electrons. The van der Waals surface area contributed by atoms with E-state index >= 15 is 0 Å². The molecule has 7 rings (SSSR count). The smallest absolute Gasteiger partial charge is 0.471 e. The molecule has 3 saturated heterocycles. The van der Waals surface area contributed by atoms with Gasteiger partial charge in [0.25, 0.3) is 0 Å². The number of methoxy groups -OCH3 is 2. The van der Waals surface area contributed by atoms with Gasteiger partial charge >= 0.3 is 12.1 Å². The molecule has 3 aliphatic heterocycles. The van der Waals surface area contributed by atoms with Gasteiger partial charge in [-0.15, -0.1) is 0 Å². The van der Waals surface area contributed by atoms with Crippen LogP contribution in [0.25, 0.3) is 0 Å². The lowest BCUT2D eigenvalue weighted by molar-refractivity contribution is -0.173. The molecule has 7 N–H and O–H groups in total. The highest BCUT2D eigenvalue weighted by atomic mass is 79.9. The van der Waals surface area contributed by atoms with Gasteiger partial charge in [-0.05, 0) is 170 Å². The van der Waals surface area contributed by atoms with Crippen LogP contribution >= 0.6 is 27.5 Å². The molecule has 3 aromatic rings. The number of hydrogen-bond acceptors (Lipinski definition) is 10. The Bertz CT molecular complexity index is 2090. The summed E-state index contributed by atoms with van der Waals surface area (Å²) in [6.45, 7) is 7.24. The predicted molar refractivity (Wildman–Crippen MR) is 288 cm³/mol. The average molecular weight is 1130 g/mol. The number of aliphatic hydroxyl groups is 3. The Morgan fingerprint density at radius 3 is 1.74 bits per heavy atom. The van der Waals surface area contributed by atoms with Crippen LogP contribution in [-0.4, -0.2) is 107 Å². The standard InChI is InChI=1S/C23H37NO3.C17H25BrFNO2.C17H22ClF3N2O2/c1-26-16-7-6-14-23(25,20-11-8-15-24-17-20)21-12-4-5-13-22(21)27-18-19-9-2-3-10-19;1-22-10-3-2-8-17(21,13-5-4-9-20-12-13)15-11-14(19)6-7-16(15)18;18-14-6-1-4-12(10-14)16(25,13-5-2-8-22-11-13)7-3-9-23-15(24)17(19,20)21/h4-5,12-13,19-20,24-25H,2-3,6-11,14-18H2,1H3;6-7,11,13,20-21H,2-5,8-10,12H2,1H3;1,4,6,10,13,22,25H,2-3,5,7-9,11H2,(H,23,24)/t20-,23?;13-,17+;13-,16-/m111/s1. The fourth-order valence-electron chi connectivity index (χ4n) is 11.3. The van der Waals surface area contributed by atoms with Crippen molar-refractivity contribution in [2.45, 2.75) is 139 Å². The molecule has 4 fully saturated rings. The number of alkyl halides is 3. The molecule has 0 radical (unpaired) electrons. The van der Waals surface area contributed by atoms with E-state index in [1.54, 1.807) is 44.6 Å². The molecule has 3 aromatic carbocycles. The summed E-state index contributed by atoms with van der Waals surface area (Å²) in [7, 11) is 3.42. The van der Waals surface area contributed by atoms with E-state index in [9.17, 15) is 37.7 Å². The first-order chi connectivity index (χ1) is 35.5. The molecule has 3 heterocycles. The Balaban J connectivity index is 0.000000207. The minimum atomic E-state index is -4.89. The van der Waals surface area contributed by atoms with Gasteiger partial charge in [-0.3, -0.25) is 4.79 Å². The van der Waals surface area contributed by atoms with Crippen molar-refractivity contribution in [3.63, 3.8) is 0 Å². The molecule has 1 aliphatic carbocycles. The first-order valence-corrected chi connectivity index (χ1v) is 28.3. The maximum atomic E-state index is 13.7. The van der Waals surface area contributed by atoms with Crippen LogP contribution < -0.4 is 26.0 Å². The Hall–Kier alpha value is -2.90. The van der Waals surface area contributed by atoms with E-state index in [0.29, 0.717) is 41.6 Å². The Kier molecular flexibility index (Phi) is 26.4. The normalized spacial score (nSPS) is 21.9. The van der Waals surface area contributed by atoms with Crippen molar-refractivity contribution in [2.24, 2.45) is 23.7 Å². The zero-order chi connectivity index (χ0) is 53.5. The highest BCUT2D eigenvalue weighted by molar-refractivity contribution is 9.10. The van der Waals surface area contributed by atoms with Gasteiger partial charge < -0.3 is 50.8 Å². The first kappa shape index (κ1) is 61.9. The summed E-state index contributed by atoms with van der Waals surface area (Å²) in [6, 6.07) is 19.6. The largest absolute Gasteiger partial charge is 0.493 e. The van der Waals surface area contributed by atoms with Crippen molar-refractivity contribution in [2.75, 3.05) is 79.9 Å². The molecule has 0 aromatic heterocycles. The molecule has 11 nitrogen and oxygen atoms in total. The van der Waals surface area contributed by atoms with Gasteiger partial charge in [-0.25, -0.2) is 4.39 Å². The highest BCUT2D eigenvalue weighted by Crippen LogP contribution is 2.44. The maximum absolute atomic E-state index is 13.7. The fourth-order valence-corrected chi connectivity index (χ4v) is 12.1. The van der Waals surface area contributed by atoms with Crippen LogP contribution in [0.1, 0.15) is 132 Å². The van der Waals surface area contributed by atoms with E-state index in [1.165, 1.54) is 37.8 Å². The van der Waals surface area contributed by atoms with Crippen molar-refractivity contribution in [3.8, 4) is 5.75 Å². The van der Waals surface area contributed by atoms with Crippen molar-refractivity contribution in [1.29, 1.82) is 0 Å². The number of para-hydroxylation sites is 1. The van der Waals surface area contributed by atoms with Gasteiger partial charge in [0.2, 0.25) is 0 Å². The summed E-state index contributed by atoms with van der Waals surface area (Å²) in [6.07, 6.45) is 11.7. The molecular weight excluding hydrogens is 1040 g/mol. The van der Waals surface area contributed by atoms with Crippen molar-refractivity contribution >= 4 is 33.4 Å². The van der Waals surface area contributed by atoms with Gasteiger partial charge in [-0.1, -0.05) is 70.7 Å². The summed E-state index contributed by atoms with van der Waals surface area (Å²) in [5.74, 6) is -0.464. The second-order valence-electron chi connectivity index (χ2n) is 20.8. The second kappa shape index (κ2) is 31.5. The number of amides is 1. The van der Waals surface area contributed by atoms with E-state index in [0.717, 1.165) is 132 Å². The zero-order valence-corrected chi connectivity index (χ0v) is 46.0. The van der Waals surface area contributed by atoms with Gasteiger partial charge in [0.1, 0.15) is 11.6 Å². The number of unbranched alkanes of at least 4 members (excludes halogenated alkanes) is 2. The number of carbonyl (C=O) groups is 1. The van der Waals surface area contributed by atoms with E-state index in [2.05, 4.69) is 37.9 Å². The molecule has 1 saturated carbocycles. The third-order valence-electron chi connectivity index (χ3n) is 15.5. The molecule has 74 heavy (non-hydrogen) atoms. The number of benzene rings is 3. The quantitative estimate of drug-likeness (QED) is 0.0361. The summed E-state index contributed by atoms with van der Waals surface area (Å²) < 4.78 is 67.7. The van der Waals surface area contributed by atoms with E-state index in [1.807, 2.05) is 23.5 Å². The Morgan fingerprint density at radius 1 is 0.676 bits per heavy atom. The Morgan fingerprint density at radius 2 is 1.22 bits per heavy atom. The predicted octanol–water partition coefficient (Wildman–Crippen LogP) is 10.8. The second-order valence-corrected chi connectivity index (χ2v) is 22.0. The zero-order valence-electron chi connectivity index (χ0n) is 43.7. The highest BCUT2D eigenvalue weighted by Gasteiger charge is 2.43. The van der Waals surface area contributed by atoms with Crippen LogP contribution in [0.3, 0.4) is 0 Å². The molecule has 0 spiro atoms. The third-order valence-corrected chi connectivity index (χ3v) is 16.5. The van der Waals surface area contributed by atoms with Crippen LogP contribution in [0.15, 0.2) is 71.2 Å². The molecule has 6 atom stereocenters. The molecular formula is C57H84BrClF4N4O7. The van der Waals surface area contributed by atoms with Crippen LogP contribution in [0, 0.1) is 29.5 Å². The van der Waals surface area contributed by atoms with Crippen LogP contribution in [0.5, 0.6) is 5.75 Å². The van der Waals surface area contributed by atoms with E-state index < -0.39 is 28.9 Å². The van der Waals surface area contributed by atoms with Crippen LogP contribution in [0.4, 0.5) is 17.6 Å². The van der Waals surface area contributed by atoms with Gasteiger partial charge in [0.15, 0.2) is 0 Å². The van der Waals surface area contributed by atoms with Crippen LogP contribution in [-0.2, 0) is 31.1 Å². The monoisotopic (exact) mass is 1130 g/mol. The lowest BCUT2D eigenvalue weighted by atomic mass is 9.74. The number of halogens is 6.